The number of rotatable bonds is 6. The SMILES string of the molecule is CC(NCCCn1cccn1)c1cccc(F)c1F. The molecule has 1 unspecified atom stereocenters. The molecule has 0 radical (unpaired) electrons. The maximum absolute atomic E-state index is 13.6. The molecule has 102 valence electrons. The molecule has 1 atom stereocenters. The molecule has 0 saturated carbocycles. The number of benzene rings is 1. The van der Waals surface area contributed by atoms with E-state index in [0.717, 1.165) is 25.6 Å². The first-order chi connectivity index (χ1) is 9.18. The van der Waals surface area contributed by atoms with Gasteiger partial charge in [0.05, 0.1) is 0 Å². The van der Waals surface area contributed by atoms with Crippen LogP contribution in [0, 0.1) is 11.6 Å². The van der Waals surface area contributed by atoms with Crippen LogP contribution in [0.5, 0.6) is 0 Å². The van der Waals surface area contributed by atoms with Crippen LogP contribution in [-0.4, -0.2) is 16.3 Å². The Hall–Kier alpha value is -1.75. The summed E-state index contributed by atoms with van der Waals surface area (Å²) in [6.45, 7) is 3.35. The van der Waals surface area contributed by atoms with Gasteiger partial charge in [0, 0.05) is 30.5 Å². The average Bonchev–Trinajstić information content (AvgIpc) is 2.91. The first-order valence-corrected chi connectivity index (χ1v) is 6.33. The summed E-state index contributed by atoms with van der Waals surface area (Å²) in [6.07, 6.45) is 4.51. The van der Waals surface area contributed by atoms with Crippen LogP contribution in [0.1, 0.15) is 24.9 Å². The van der Waals surface area contributed by atoms with Crippen molar-refractivity contribution in [1.29, 1.82) is 0 Å². The third kappa shape index (κ3) is 3.61. The Morgan fingerprint density at radius 1 is 1.32 bits per heavy atom. The Morgan fingerprint density at radius 2 is 2.16 bits per heavy atom. The van der Waals surface area contributed by atoms with Crippen molar-refractivity contribution in [2.24, 2.45) is 0 Å². The third-order valence-electron chi connectivity index (χ3n) is 3.02. The highest BCUT2D eigenvalue weighted by molar-refractivity contribution is 5.21. The standard InChI is InChI=1S/C14H17F2N3/c1-11(12-5-2-6-13(15)14(12)16)17-7-3-9-19-10-4-8-18-19/h2,4-6,8,10-11,17H,3,7,9H2,1H3. The summed E-state index contributed by atoms with van der Waals surface area (Å²) >= 11 is 0. The quantitative estimate of drug-likeness (QED) is 0.814. The average molecular weight is 265 g/mol. The van der Waals surface area contributed by atoms with E-state index in [9.17, 15) is 8.78 Å². The molecular formula is C14H17F2N3. The number of halogens is 2. The van der Waals surface area contributed by atoms with Gasteiger partial charge in [0.2, 0.25) is 0 Å². The lowest BCUT2D eigenvalue weighted by atomic mass is 10.1. The minimum Gasteiger partial charge on any atom is -0.310 e. The number of aromatic nitrogens is 2. The van der Waals surface area contributed by atoms with E-state index < -0.39 is 11.6 Å². The fourth-order valence-electron chi connectivity index (χ4n) is 1.96. The molecule has 5 heteroatoms. The second-order valence-electron chi connectivity index (χ2n) is 4.44. The van der Waals surface area contributed by atoms with Gasteiger partial charge in [-0.25, -0.2) is 8.78 Å². The molecule has 0 aliphatic heterocycles. The molecule has 1 N–H and O–H groups in total. The molecule has 0 aliphatic rings. The first kappa shape index (κ1) is 13.7. The van der Waals surface area contributed by atoms with Crippen LogP contribution in [0.3, 0.4) is 0 Å². The van der Waals surface area contributed by atoms with E-state index in [4.69, 9.17) is 0 Å². The summed E-state index contributed by atoms with van der Waals surface area (Å²) in [5, 5.41) is 7.28. The van der Waals surface area contributed by atoms with Crippen molar-refractivity contribution in [3.8, 4) is 0 Å². The van der Waals surface area contributed by atoms with Crippen molar-refractivity contribution >= 4 is 0 Å². The fraction of sp³-hybridized carbons (Fsp3) is 0.357. The number of nitrogens with zero attached hydrogens (tertiary/aromatic N) is 2. The highest BCUT2D eigenvalue weighted by atomic mass is 19.2. The maximum Gasteiger partial charge on any atom is 0.163 e. The minimum atomic E-state index is -0.803. The molecule has 0 fully saturated rings. The molecule has 0 bridgehead atoms. The largest absolute Gasteiger partial charge is 0.310 e. The summed E-state index contributed by atoms with van der Waals surface area (Å²) < 4.78 is 28.5. The lowest BCUT2D eigenvalue weighted by molar-refractivity contribution is 0.462. The summed E-state index contributed by atoms with van der Waals surface area (Å²) in [7, 11) is 0. The van der Waals surface area contributed by atoms with Crippen LogP contribution in [0.2, 0.25) is 0 Å². The lowest BCUT2D eigenvalue weighted by Crippen LogP contribution is -2.22. The Morgan fingerprint density at radius 3 is 2.89 bits per heavy atom. The molecule has 0 saturated heterocycles. The molecule has 0 aliphatic carbocycles. The molecule has 1 heterocycles. The number of aryl methyl sites for hydroxylation is 1. The summed E-state index contributed by atoms with van der Waals surface area (Å²) in [5.74, 6) is -1.57. The van der Waals surface area contributed by atoms with Gasteiger partial charge in [-0.05, 0) is 32.0 Å². The summed E-state index contributed by atoms with van der Waals surface area (Å²) in [5.41, 5.74) is 0.360. The van der Waals surface area contributed by atoms with Gasteiger partial charge in [0.15, 0.2) is 11.6 Å². The summed E-state index contributed by atoms with van der Waals surface area (Å²) in [6, 6.07) is 5.91. The molecule has 0 amide bonds. The molecular weight excluding hydrogens is 248 g/mol. The van der Waals surface area contributed by atoms with Gasteiger partial charge in [0.1, 0.15) is 0 Å². The highest BCUT2D eigenvalue weighted by Crippen LogP contribution is 2.18. The van der Waals surface area contributed by atoms with Gasteiger partial charge in [0.25, 0.3) is 0 Å². The lowest BCUT2D eigenvalue weighted by Gasteiger charge is -2.15. The molecule has 0 spiro atoms. The van der Waals surface area contributed by atoms with E-state index in [0.29, 0.717) is 5.56 Å². The van der Waals surface area contributed by atoms with Gasteiger partial charge in [-0.1, -0.05) is 12.1 Å². The van der Waals surface area contributed by atoms with Crippen molar-refractivity contribution in [3.05, 3.63) is 53.9 Å². The second-order valence-corrected chi connectivity index (χ2v) is 4.44. The zero-order valence-electron chi connectivity index (χ0n) is 10.8. The molecule has 19 heavy (non-hydrogen) atoms. The Labute approximate surface area is 111 Å². The minimum absolute atomic E-state index is 0.215. The van der Waals surface area contributed by atoms with Crippen molar-refractivity contribution in [1.82, 2.24) is 15.1 Å². The highest BCUT2D eigenvalue weighted by Gasteiger charge is 2.13. The van der Waals surface area contributed by atoms with Gasteiger partial charge in [-0.15, -0.1) is 0 Å². The molecule has 2 rings (SSSR count). The van der Waals surface area contributed by atoms with Crippen LogP contribution in [0.15, 0.2) is 36.7 Å². The molecule has 1 aromatic heterocycles. The zero-order valence-corrected chi connectivity index (χ0v) is 10.8. The van der Waals surface area contributed by atoms with Gasteiger partial charge >= 0.3 is 0 Å². The van der Waals surface area contributed by atoms with Crippen molar-refractivity contribution in [2.75, 3.05) is 6.54 Å². The zero-order chi connectivity index (χ0) is 13.7. The van der Waals surface area contributed by atoms with Gasteiger partial charge in [-0.3, -0.25) is 4.68 Å². The van der Waals surface area contributed by atoms with Crippen molar-refractivity contribution < 1.29 is 8.78 Å². The van der Waals surface area contributed by atoms with E-state index in [-0.39, 0.29) is 6.04 Å². The third-order valence-corrected chi connectivity index (χ3v) is 3.02. The summed E-state index contributed by atoms with van der Waals surface area (Å²) in [4.78, 5) is 0. The topological polar surface area (TPSA) is 29.9 Å². The normalized spacial score (nSPS) is 12.6. The van der Waals surface area contributed by atoms with Crippen molar-refractivity contribution in [3.63, 3.8) is 0 Å². The van der Waals surface area contributed by atoms with Crippen LogP contribution in [0.25, 0.3) is 0 Å². The van der Waals surface area contributed by atoms with E-state index in [1.165, 1.54) is 6.07 Å². The first-order valence-electron chi connectivity index (χ1n) is 6.33. The van der Waals surface area contributed by atoms with E-state index in [2.05, 4.69) is 10.4 Å². The Bertz CT molecular complexity index is 511. The number of hydrogen-bond donors (Lipinski definition) is 1. The molecule has 2 aromatic rings. The number of hydrogen-bond acceptors (Lipinski definition) is 2. The maximum atomic E-state index is 13.6. The van der Waals surface area contributed by atoms with E-state index >= 15 is 0 Å². The van der Waals surface area contributed by atoms with Crippen molar-refractivity contribution in [2.45, 2.75) is 25.9 Å². The smallest absolute Gasteiger partial charge is 0.163 e. The van der Waals surface area contributed by atoms with Crippen LogP contribution >= 0.6 is 0 Å². The fourth-order valence-corrected chi connectivity index (χ4v) is 1.96. The van der Waals surface area contributed by atoms with E-state index in [1.807, 2.05) is 23.9 Å². The predicted octanol–water partition coefficient (Wildman–Crippen LogP) is 2.90. The predicted molar refractivity (Wildman–Crippen MR) is 69.6 cm³/mol. The van der Waals surface area contributed by atoms with E-state index in [1.54, 1.807) is 12.3 Å². The van der Waals surface area contributed by atoms with Gasteiger partial charge in [-0.2, -0.15) is 5.10 Å². The van der Waals surface area contributed by atoms with Gasteiger partial charge < -0.3 is 5.32 Å². The van der Waals surface area contributed by atoms with Crippen LogP contribution < -0.4 is 5.32 Å². The molecule has 1 aromatic carbocycles. The van der Waals surface area contributed by atoms with Crippen LogP contribution in [-0.2, 0) is 6.54 Å². The Kier molecular flexibility index (Phi) is 4.63. The number of nitrogens with one attached hydrogen (secondary N) is 1. The Balaban J connectivity index is 1.81. The monoisotopic (exact) mass is 265 g/mol. The second kappa shape index (κ2) is 6.43. The molecule has 3 nitrogen and oxygen atoms in total. The van der Waals surface area contributed by atoms with Crippen LogP contribution in [0.4, 0.5) is 8.78 Å².